The molecule has 0 bridgehead atoms. The number of carbonyl (C=O) groups excluding carboxylic acids is 1. The smallest absolute Gasteiger partial charge is 0.289 e. The molecular weight excluding hydrogens is 249 g/mol. The monoisotopic (exact) mass is 254 g/mol. The summed E-state index contributed by atoms with van der Waals surface area (Å²) in [5.41, 5.74) is -0.557. The highest BCUT2D eigenvalue weighted by atomic mass is 32.1. The second-order valence-corrected chi connectivity index (χ2v) is 4.69. The average molecular weight is 254 g/mol. The minimum Gasteiger partial charge on any atom is -0.289 e. The molecule has 0 saturated heterocycles. The zero-order valence-corrected chi connectivity index (χ0v) is 9.15. The molecule has 0 radical (unpaired) electrons. The lowest BCUT2D eigenvalue weighted by molar-refractivity contribution is -0.109. The van der Waals surface area contributed by atoms with E-state index in [1.165, 1.54) is 17.4 Å². The minimum absolute atomic E-state index is 0.00634. The number of halogens is 3. The van der Waals surface area contributed by atoms with Crippen molar-refractivity contribution in [1.29, 1.82) is 0 Å². The van der Waals surface area contributed by atoms with Crippen LogP contribution in [0.25, 0.3) is 11.6 Å². The summed E-state index contributed by atoms with van der Waals surface area (Å²) in [5.74, 6) is -0.360. The molecule has 0 aromatic carbocycles. The normalized spacial score (nSPS) is 18.3. The van der Waals surface area contributed by atoms with Crippen LogP contribution in [0.15, 0.2) is 34.7 Å². The zero-order valence-electron chi connectivity index (χ0n) is 8.34. The van der Waals surface area contributed by atoms with Crippen molar-refractivity contribution in [1.82, 2.24) is 0 Å². The number of hydrogen-bond acceptors (Lipinski definition) is 2. The van der Waals surface area contributed by atoms with Crippen LogP contribution in [0.2, 0.25) is 0 Å². The molecule has 1 nitrogen and oxygen atoms in total. The van der Waals surface area contributed by atoms with Crippen LogP contribution in [-0.4, -0.2) is 12.0 Å². The number of ketones is 1. The number of carbonyl (C=O) groups is 1. The Hall–Kier alpha value is -1.62. The summed E-state index contributed by atoms with van der Waals surface area (Å²) in [6.45, 7) is 0. The zero-order chi connectivity index (χ0) is 12.2. The molecule has 0 saturated carbocycles. The van der Waals surface area contributed by atoms with Crippen LogP contribution in [0, 0.1) is 0 Å². The fourth-order valence-corrected chi connectivity index (χ4v) is 2.88. The van der Waals surface area contributed by atoms with Crippen LogP contribution in [0.4, 0.5) is 13.2 Å². The SMILES string of the molecule is O=C1C=CC(C(F)(F)F)=C2C=c3sccc3=C12. The first-order valence-electron chi connectivity index (χ1n) is 4.82. The molecule has 0 atom stereocenters. The van der Waals surface area contributed by atoms with Crippen molar-refractivity contribution in [3.63, 3.8) is 0 Å². The fourth-order valence-electron chi connectivity index (χ4n) is 2.04. The maximum absolute atomic E-state index is 12.8. The topological polar surface area (TPSA) is 17.1 Å². The molecule has 86 valence electrons. The van der Waals surface area contributed by atoms with Gasteiger partial charge in [0.15, 0.2) is 5.78 Å². The lowest BCUT2D eigenvalue weighted by Crippen LogP contribution is -2.21. The van der Waals surface area contributed by atoms with Gasteiger partial charge in [-0.15, -0.1) is 11.3 Å². The summed E-state index contributed by atoms with van der Waals surface area (Å²) in [6, 6.07) is 1.68. The molecule has 0 spiro atoms. The van der Waals surface area contributed by atoms with Gasteiger partial charge in [0.05, 0.1) is 5.57 Å². The Morgan fingerprint density at radius 1 is 1.18 bits per heavy atom. The molecule has 3 rings (SSSR count). The molecule has 0 amide bonds. The minimum atomic E-state index is -4.43. The van der Waals surface area contributed by atoms with Gasteiger partial charge in [-0.3, -0.25) is 4.79 Å². The van der Waals surface area contributed by atoms with Gasteiger partial charge in [0.1, 0.15) is 0 Å². The van der Waals surface area contributed by atoms with E-state index in [4.69, 9.17) is 0 Å². The Morgan fingerprint density at radius 3 is 2.65 bits per heavy atom. The molecule has 0 N–H and O–H groups in total. The van der Waals surface area contributed by atoms with Gasteiger partial charge in [0, 0.05) is 15.3 Å². The van der Waals surface area contributed by atoms with E-state index in [9.17, 15) is 18.0 Å². The lowest BCUT2D eigenvalue weighted by Gasteiger charge is -2.15. The third-order valence-corrected chi connectivity index (χ3v) is 3.62. The highest BCUT2D eigenvalue weighted by molar-refractivity contribution is 7.07. The van der Waals surface area contributed by atoms with Gasteiger partial charge in [0.25, 0.3) is 0 Å². The average Bonchev–Trinajstić information content (AvgIpc) is 2.74. The van der Waals surface area contributed by atoms with Crippen LogP contribution in [0.5, 0.6) is 0 Å². The number of rotatable bonds is 0. The van der Waals surface area contributed by atoms with Gasteiger partial charge in [-0.2, -0.15) is 13.2 Å². The standard InChI is InChI=1S/C12H5F3OS/c13-12(14,15)8-1-2-9(16)11-6-3-4-17-10(6)5-7(8)11/h1-5H. The predicted octanol–water partition coefficient (Wildman–Crippen LogP) is 1.69. The van der Waals surface area contributed by atoms with Crippen molar-refractivity contribution in [3.8, 4) is 0 Å². The molecule has 5 heteroatoms. The Labute approximate surface area is 97.9 Å². The second-order valence-electron chi connectivity index (χ2n) is 3.74. The molecule has 1 aromatic rings. The van der Waals surface area contributed by atoms with E-state index in [0.717, 1.165) is 12.2 Å². The van der Waals surface area contributed by atoms with Gasteiger partial charge in [-0.05, 0) is 35.2 Å². The van der Waals surface area contributed by atoms with Crippen LogP contribution >= 0.6 is 11.3 Å². The summed E-state index contributed by atoms with van der Waals surface area (Å²) in [4.78, 5) is 11.7. The molecule has 2 aliphatic rings. The van der Waals surface area contributed by atoms with E-state index in [1.807, 2.05) is 0 Å². The van der Waals surface area contributed by atoms with E-state index in [2.05, 4.69) is 0 Å². The van der Waals surface area contributed by atoms with Crippen molar-refractivity contribution < 1.29 is 18.0 Å². The van der Waals surface area contributed by atoms with Gasteiger partial charge in [-0.25, -0.2) is 0 Å². The first kappa shape index (κ1) is 10.5. The van der Waals surface area contributed by atoms with Crippen molar-refractivity contribution in [2.24, 2.45) is 0 Å². The van der Waals surface area contributed by atoms with Crippen molar-refractivity contribution in [2.45, 2.75) is 6.18 Å². The highest BCUT2D eigenvalue weighted by Gasteiger charge is 2.38. The Balaban J connectivity index is 2.40. The summed E-state index contributed by atoms with van der Waals surface area (Å²) in [5, 5.41) is 2.38. The van der Waals surface area contributed by atoms with Crippen LogP contribution < -0.4 is 9.75 Å². The number of hydrogen-bond donors (Lipinski definition) is 0. The van der Waals surface area contributed by atoms with Gasteiger partial charge < -0.3 is 0 Å². The maximum Gasteiger partial charge on any atom is 0.417 e. The molecule has 2 aliphatic carbocycles. The Morgan fingerprint density at radius 2 is 1.94 bits per heavy atom. The Bertz CT molecular complexity index is 701. The van der Waals surface area contributed by atoms with E-state index >= 15 is 0 Å². The van der Waals surface area contributed by atoms with E-state index < -0.39 is 11.7 Å². The molecular formula is C12H5F3OS. The molecule has 1 aromatic heterocycles. The molecule has 0 aliphatic heterocycles. The van der Waals surface area contributed by atoms with E-state index in [0.29, 0.717) is 9.75 Å². The van der Waals surface area contributed by atoms with Gasteiger partial charge in [-0.1, -0.05) is 0 Å². The third-order valence-electron chi connectivity index (χ3n) is 2.75. The first-order chi connectivity index (χ1) is 7.98. The van der Waals surface area contributed by atoms with Crippen LogP contribution in [0.3, 0.4) is 0 Å². The molecule has 0 fully saturated rings. The largest absolute Gasteiger partial charge is 0.417 e. The Kier molecular flexibility index (Phi) is 1.98. The van der Waals surface area contributed by atoms with Crippen LogP contribution in [-0.2, 0) is 4.79 Å². The van der Waals surface area contributed by atoms with Crippen molar-refractivity contribution >= 4 is 28.8 Å². The summed E-state index contributed by atoms with van der Waals surface area (Å²) in [6.07, 6.45) is -1.14. The first-order valence-corrected chi connectivity index (χ1v) is 5.70. The lowest BCUT2D eigenvalue weighted by atomic mass is 9.92. The van der Waals surface area contributed by atoms with E-state index in [1.54, 1.807) is 11.4 Å². The molecule has 17 heavy (non-hydrogen) atoms. The number of thiophene rings is 1. The second kappa shape index (κ2) is 3.20. The van der Waals surface area contributed by atoms with Crippen molar-refractivity contribution in [2.75, 3.05) is 0 Å². The quantitative estimate of drug-likeness (QED) is 0.688. The predicted molar refractivity (Wildman–Crippen MR) is 58.7 cm³/mol. The van der Waals surface area contributed by atoms with E-state index in [-0.39, 0.29) is 16.9 Å². The van der Waals surface area contributed by atoms with Crippen molar-refractivity contribution in [3.05, 3.63) is 44.5 Å². The fraction of sp³-hybridized carbons (Fsp3) is 0.0833. The van der Waals surface area contributed by atoms with Gasteiger partial charge >= 0.3 is 6.18 Å². The molecule has 1 heterocycles. The number of alkyl halides is 3. The maximum atomic E-state index is 12.8. The highest BCUT2D eigenvalue weighted by Crippen LogP contribution is 2.36. The van der Waals surface area contributed by atoms with Crippen LogP contribution in [0.1, 0.15) is 0 Å². The summed E-state index contributed by atoms with van der Waals surface area (Å²) >= 11 is 1.33. The van der Waals surface area contributed by atoms with Gasteiger partial charge in [0.2, 0.25) is 0 Å². The number of allylic oxidation sites excluding steroid dienone is 4. The number of fused-ring (bicyclic) bond motifs is 2. The summed E-state index contributed by atoms with van der Waals surface area (Å²) < 4.78 is 39.1. The summed E-state index contributed by atoms with van der Waals surface area (Å²) in [7, 11) is 0. The third kappa shape index (κ3) is 1.42. The molecule has 0 unspecified atom stereocenters.